The number of hydrogen-bond acceptors (Lipinski definition) is 4. The van der Waals surface area contributed by atoms with Gasteiger partial charge in [0.1, 0.15) is 0 Å². The summed E-state index contributed by atoms with van der Waals surface area (Å²) in [5, 5.41) is 6.61. The van der Waals surface area contributed by atoms with E-state index in [-0.39, 0.29) is 17.4 Å². The van der Waals surface area contributed by atoms with Gasteiger partial charge in [0.25, 0.3) is 11.8 Å². The second-order valence-electron chi connectivity index (χ2n) is 6.80. The molecule has 0 aliphatic heterocycles. The highest BCUT2D eigenvalue weighted by Crippen LogP contribution is 2.21. The van der Waals surface area contributed by atoms with Crippen molar-refractivity contribution in [3.63, 3.8) is 0 Å². The first-order chi connectivity index (χ1) is 14.6. The van der Waals surface area contributed by atoms with Crippen molar-refractivity contribution in [3.8, 4) is 0 Å². The SMILES string of the molecule is CCc1ccc(NC(=O)c2cncc(C(=O)Nc3cccc4cccnc34)c2)cc1. The molecule has 4 rings (SSSR count). The maximum atomic E-state index is 12.8. The number of pyridine rings is 2. The standard InChI is InChI=1S/C24H20N4O2/c1-2-16-8-10-20(11-9-16)27-23(29)18-13-19(15-25-14-18)24(30)28-21-7-3-5-17-6-4-12-26-22(17)21/h3-15H,2H2,1H3,(H,27,29)(H,28,30). The average molecular weight is 396 g/mol. The number of hydrogen-bond donors (Lipinski definition) is 2. The van der Waals surface area contributed by atoms with E-state index in [2.05, 4.69) is 27.5 Å². The summed E-state index contributed by atoms with van der Waals surface area (Å²) in [5.74, 6) is -0.684. The Labute approximate surface area is 174 Å². The highest BCUT2D eigenvalue weighted by Gasteiger charge is 2.13. The number of benzene rings is 2. The Morgan fingerprint density at radius 2 is 1.57 bits per heavy atom. The lowest BCUT2D eigenvalue weighted by Crippen LogP contribution is -2.16. The molecule has 0 radical (unpaired) electrons. The molecule has 30 heavy (non-hydrogen) atoms. The number of anilines is 2. The minimum Gasteiger partial charge on any atom is -0.322 e. The number of para-hydroxylation sites is 1. The maximum Gasteiger partial charge on any atom is 0.257 e. The zero-order chi connectivity index (χ0) is 20.9. The van der Waals surface area contributed by atoms with Crippen molar-refractivity contribution in [2.24, 2.45) is 0 Å². The normalized spacial score (nSPS) is 10.6. The molecule has 0 bridgehead atoms. The van der Waals surface area contributed by atoms with E-state index in [1.807, 2.05) is 48.5 Å². The second-order valence-corrected chi connectivity index (χ2v) is 6.80. The predicted octanol–water partition coefficient (Wildman–Crippen LogP) is 4.70. The fourth-order valence-electron chi connectivity index (χ4n) is 3.11. The summed E-state index contributed by atoms with van der Waals surface area (Å²) in [6, 6.07) is 18.5. The number of carbonyl (C=O) groups is 2. The molecule has 4 aromatic rings. The summed E-state index contributed by atoms with van der Waals surface area (Å²) in [7, 11) is 0. The van der Waals surface area contributed by atoms with Gasteiger partial charge in [-0.05, 0) is 42.3 Å². The average Bonchev–Trinajstić information content (AvgIpc) is 2.80. The van der Waals surface area contributed by atoms with Crippen LogP contribution in [0.2, 0.25) is 0 Å². The van der Waals surface area contributed by atoms with Crippen molar-refractivity contribution in [2.45, 2.75) is 13.3 Å². The molecule has 0 unspecified atom stereocenters. The second kappa shape index (κ2) is 8.53. The van der Waals surface area contributed by atoms with Gasteiger partial charge in [0, 0.05) is 29.7 Å². The molecule has 2 aromatic heterocycles. The largest absolute Gasteiger partial charge is 0.322 e. The van der Waals surface area contributed by atoms with E-state index < -0.39 is 0 Å². The minimum absolute atomic E-state index is 0.289. The van der Waals surface area contributed by atoms with E-state index in [0.717, 1.165) is 11.8 Å². The Morgan fingerprint density at radius 3 is 2.30 bits per heavy atom. The quantitative estimate of drug-likeness (QED) is 0.512. The summed E-state index contributed by atoms with van der Waals surface area (Å²) in [6.07, 6.45) is 5.48. The van der Waals surface area contributed by atoms with E-state index in [9.17, 15) is 9.59 Å². The van der Waals surface area contributed by atoms with Crippen LogP contribution < -0.4 is 10.6 Å². The lowest BCUT2D eigenvalue weighted by Gasteiger charge is -2.09. The van der Waals surface area contributed by atoms with Crippen LogP contribution in [0.4, 0.5) is 11.4 Å². The third-order valence-electron chi connectivity index (χ3n) is 4.76. The van der Waals surface area contributed by atoms with Gasteiger partial charge < -0.3 is 10.6 Å². The number of fused-ring (bicyclic) bond motifs is 1. The Kier molecular flexibility index (Phi) is 5.48. The first-order valence-corrected chi connectivity index (χ1v) is 9.64. The van der Waals surface area contributed by atoms with Gasteiger partial charge in [0.2, 0.25) is 0 Å². The molecular formula is C24H20N4O2. The smallest absolute Gasteiger partial charge is 0.257 e. The minimum atomic E-state index is -0.359. The Balaban J connectivity index is 1.52. The number of carbonyl (C=O) groups excluding carboxylic acids is 2. The van der Waals surface area contributed by atoms with Crippen LogP contribution in [-0.4, -0.2) is 21.8 Å². The van der Waals surface area contributed by atoms with Gasteiger partial charge in [-0.15, -0.1) is 0 Å². The molecule has 0 aliphatic rings. The van der Waals surface area contributed by atoms with Crippen molar-refractivity contribution in [3.05, 3.63) is 95.9 Å². The number of rotatable bonds is 5. The molecule has 0 saturated carbocycles. The number of aromatic nitrogens is 2. The Hall–Kier alpha value is -4.06. The molecule has 0 spiro atoms. The Morgan fingerprint density at radius 1 is 0.867 bits per heavy atom. The van der Waals surface area contributed by atoms with Crippen molar-refractivity contribution in [1.82, 2.24) is 9.97 Å². The number of nitrogens with zero attached hydrogens (tertiary/aromatic N) is 2. The third-order valence-corrected chi connectivity index (χ3v) is 4.76. The summed E-state index contributed by atoms with van der Waals surface area (Å²) < 4.78 is 0. The van der Waals surface area contributed by atoms with E-state index in [1.54, 1.807) is 12.3 Å². The first kappa shape index (κ1) is 19.3. The molecule has 0 fully saturated rings. The predicted molar refractivity (Wildman–Crippen MR) is 118 cm³/mol. The Bertz CT molecular complexity index is 1210. The van der Waals surface area contributed by atoms with E-state index >= 15 is 0 Å². The van der Waals surface area contributed by atoms with E-state index in [0.29, 0.717) is 22.5 Å². The van der Waals surface area contributed by atoms with Crippen LogP contribution >= 0.6 is 0 Å². The number of amides is 2. The number of nitrogens with one attached hydrogen (secondary N) is 2. The van der Waals surface area contributed by atoms with Gasteiger partial charge in [-0.3, -0.25) is 19.6 Å². The fraction of sp³-hybridized carbons (Fsp3) is 0.0833. The topological polar surface area (TPSA) is 84.0 Å². The van der Waals surface area contributed by atoms with Gasteiger partial charge in [-0.25, -0.2) is 0 Å². The molecule has 0 aliphatic carbocycles. The van der Waals surface area contributed by atoms with E-state index in [4.69, 9.17) is 0 Å². The molecule has 6 heteroatoms. The van der Waals surface area contributed by atoms with Crippen LogP contribution in [-0.2, 0) is 6.42 Å². The van der Waals surface area contributed by atoms with Gasteiger partial charge in [-0.1, -0.05) is 37.3 Å². The van der Waals surface area contributed by atoms with Crippen LogP contribution in [0.1, 0.15) is 33.2 Å². The molecule has 6 nitrogen and oxygen atoms in total. The van der Waals surface area contributed by atoms with Gasteiger partial charge in [-0.2, -0.15) is 0 Å². The molecule has 2 aromatic carbocycles. The molecule has 148 valence electrons. The highest BCUT2D eigenvalue weighted by atomic mass is 16.2. The van der Waals surface area contributed by atoms with Crippen LogP contribution in [0.25, 0.3) is 10.9 Å². The molecule has 0 saturated heterocycles. The molecule has 0 atom stereocenters. The first-order valence-electron chi connectivity index (χ1n) is 9.64. The van der Waals surface area contributed by atoms with Crippen LogP contribution in [0.3, 0.4) is 0 Å². The van der Waals surface area contributed by atoms with Crippen LogP contribution in [0.15, 0.2) is 79.3 Å². The summed E-state index contributed by atoms with van der Waals surface area (Å²) in [6.45, 7) is 2.07. The molecule has 2 heterocycles. The third kappa shape index (κ3) is 4.17. The monoisotopic (exact) mass is 396 g/mol. The lowest BCUT2D eigenvalue weighted by atomic mass is 10.1. The van der Waals surface area contributed by atoms with Crippen LogP contribution in [0, 0.1) is 0 Å². The fourth-order valence-corrected chi connectivity index (χ4v) is 3.11. The lowest BCUT2D eigenvalue weighted by molar-refractivity contribution is 0.102. The zero-order valence-electron chi connectivity index (χ0n) is 16.4. The van der Waals surface area contributed by atoms with Crippen molar-refractivity contribution in [1.29, 1.82) is 0 Å². The van der Waals surface area contributed by atoms with Crippen molar-refractivity contribution < 1.29 is 9.59 Å². The van der Waals surface area contributed by atoms with Crippen LogP contribution in [0.5, 0.6) is 0 Å². The van der Waals surface area contributed by atoms with Crippen molar-refractivity contribution >= 4 is 34.1 Å². The van der Waals surface area contributed by atoms with Gasteiger partial charge in [0.15, 0.2) is 0 Å². The zero-order valence-corrected chi connectivity index (χ0v) is 16.4. The molecular weight excluding hydrogens is 376 g/mol. The summed E-state index contributed by atoms with van der Waals surface area (Å²) in [5.41, 5.74) is 3.77. The van der Waals surface area contributed by atoms with Gasteiger partial charge in [0.05, 0.1) is 22.3 Å². The number of aryl methyl sites for hydroxylation is 1. The summed E-state index contributed by atoms with van der Waals surface area (Å²) >= 11 is 0. The van der Waals surface area contributed by atoms with Gasteiger partial charge >= 0.3 is 0 Å². The molecule has 2 amide bonds. The highest BCUT2D eigenvalue weighted by molar-refractivity contribution is 6.10. The maximum absolute atomic E-state index is 12.8. The van der Waals surface area contributed by atoms with Crippen molar-refractivity contribution in [2.75, 3.05) is 10.6 Å². The summed E-state index contributed by atoms with van der Waals surface area (Å²) in [4.78, 5) is 33.7. The molecule has 2 N–H and O–H groups in total. The van der Waals surface area contributed by atoms with E-state index in [1.165, 1.54) is 24.0 Å².